The summed E-state index contributed by atoms with van der Waals surface area (Å²) in [5, 5.41) is 12.6. The minimum atomic E-state index is -1.21. The number of nitrogens with one attached hydrogen (secondary N) is 1. The van der Waals surface area contributed by atoms with Crippen LogP contribution in [-0.4, -0.2) is 33.9 Å². The lowest BCUT2D eigenvalue weighted by molar-refractivity contribution is -0.139. The van der Waals surface area contributed by atoms with Gasteiger partial charge in [0.05, 0.1) is 5.51 Å². The van der Waals surface area contributed by atoms with E-state index in [9.17, 15) is 14.4 Å². The van der Waals surface area contributed by atoms with Crippen LogP contribution in [0.5, 0.6) is 0 Å². The van der Waals surface area contributed by atoms with Crippen LogP contribution < -0.4 is 11.1 Å². The van der Waals surface area contributed by atoms with Crippen LogP contribution in [0.2, 0.25) is 0 Å². The highest BCUT2D eigenvalue weighted by molar-refractivity contribution is 7.07. The van der Waals surface area contributed by atoms with Crippen molar-refractivity contribution in [2.24, 2.45) is 5.73 Å². The summed E-state index contributed by atoms with van der Waals surface area (Å²) in [4.78, 5) is 36.6. The molecule has 0 bridgehead atoms. The first-order chi connectivity index (χ1) is 8.00. The second-order valence-corrected chi connectivity index (χ2v) is 3.96. The molecule has 2 amide bonds. The van der Waals surface area contributed by atoms with E-state index in [1.807, 2.05) is 0 Å². The maximum Gasteiger partial charge on any atom is 0.326 e. The number of nitrogens with zero attached hydrogens (tertiary/aromatic N) is 1. The molecule has 1 heterocycles. The van der Waals surface area contributed by atoms with E-state index in [4.69, 9.17) is 10.8 Å². The summed E-state index contributed by atoms with van der Waals surface area (Å²) in [5.74, 6) is -2.41. The third kappa shape index (κ3) is 4.19. The van der Waals surface area contributed by atoms with Crippen molar-refractivity contribution in [2.75, 3.05) is 0 Å². The molecule has 1 aromatic heterocycles. The summed E-state index contributed by atoms with van der Waals surface area (Å²) in [7, 11) is 0. The van der Waals surface area contributed by atoms with Gasteiger partial charge in [0.15, 0.2) is 0 Å². The van der Waals surface area contributed by atoms with Crippen molar-refractivity contribution in [1.82, 2.24) is 10.3 Å². The van der Waals surface area contributed by atoms with Gasteiger partial charge in [-0.3, -0.25) is 9.59 Å². The van der Waals surface area contributed by atoms with Crippen molar-refractivity contribution in [3.05, 3.63) is 16.6 Å². The molecule has 0 spiro atoms. The third-order valence-electron chi connectivity index (χ3n) is 1.95. The average molecular weight is 257 g/mol. The van der Waals surface area contributed by atoms with Gasteiger partial charge < -0.3 is 16.2 Å². The summed E-state index contributed by atoms with van der Waals surface area (Å²) in [5.41, 5.74) is 6.53. The Morgan fingerprint density at radius 1 is 1.53 bits per heavy atom. The Labute approximate surface area is 101 Å². The standard InChI is InChI=1S/C9H11N3O4S/c10-7(13)2-1-5(9(15)16)12-8(14)6-3-17-4-11-6/h3-5H,1-2H2,(H2,10,13)(H,12,14)(H,15,16). The molecule has 17 heavy (non-hydrogen) atoms. The first-order valence-electron chi connectivity index (χ1n) is 4.71. The predicted molar refractivity (Wildman–Crippen MR) is 59.4 cm³/mol. The van der Waals surface area contributed by atoms with Gasteiger partial charge in [0, 0.05) is 11.8 Å². The van der Waals surface area contributed by atoms with Crippen molar-refractivity contribution in [1.29, 1.82) is 0 Å². The maximum atomic E-state index is 11.5. The average Bonchev–Trinajstić information content (AvgIpc) is 2.76. The molecule has 1 unspecified atom stereocenters. The molecule has 7 nitrogen and oxygen atoms in total. The number of aromatic nitrogens is 1. The Kier molecular flexibility index (Phi) is 4.58. The molecule has 92 valence electrons. The predicted octanol–water partition coefficient (Wildman–Crippen LogP) is -0.408. The van der Waals surface area contributed by atoms with Crippen molar-refractivity contribution >= 4 is 29.1 Å². The van der Waals surface area contributed by atoms with Crippen molar-refractivity contribution in [3.8, 4) is 0 Å². The number of primary amides is 1. The molecule has 0 saturated carbocycles. The summed E-state index contributed by atoms with van der Waals surface area (Å²) in [6, 6.07) is -1.14. The molecule has 1 atom stereocenters. The molecule has 0 aliphatic carbocycles. The van der Waals surface area contributed by atoms with Crippen LogP contribution in [0.25, 0.3) is 0 Å². The van der Waals surface area contributed by atoms with Crippen LogP contribution in [0.3, 0.4) is 0 Å². The summed E-state index contributed by atoms with van der Waals surface area (Å²) in [6.45, 7) is 0. The van der Waals surface area contributed by atoms with Gasteiger partial charge in [-0.1, -0.05) is 0 Å². The number of aliphatic carboxylic acids is 1. The molecular formula is C9H11N3O4S. The second kappa shape index (κ2) is 5.94. The summed E-state index contributed by atoms with van der Waals surface area (Å²) < 4.78 is 0. The van der Waals surface area contributed by atoms with Gasteiger partial charge in [-0.05, 0) is 6.42 Å². The van der Waals surface area contributed by atoms with E-state index in [0.29, 0.717) is 0 Å². The number of hydrogen-bond donors (Lipinski definition) is 3. The van der Waals surface area contributed by atoms with E-state index in [1.165, 1.54) is 22.2 Å². The molecule has 0 fully saturated rings. The van der Waals surface area contributed by atoms with Crippen LogP contribution in [0, 0.1) is 0 Å². The lowest BCUT2D eigenvalue weighted by Gasteiger charge is -2.12. The summed E-state index contributed by atoms with van der Waals surface area (Å²) >= 11 is 1.23. The second-order valence-electron chi connectivity index (χ2n) is 3.24. The number of carboxylic acids is 1. The molecular weight excluding hydrogens is 246 g/mol. The van der Waals surface area contributed by atoms with Gasteiger partial charge in [0.1, 0.15) is 11.7 Å². The number of nitrogens with two attached hydrogens (primary N) is 1. The summed E-state index contributed by atoms with van der Waals surface area (Å²) in [6.07, 6.45) is -0.144. The smallest absolute Gasteiger partial charge is 0.326 e. The first kappa shape index (κ1) is 13.1. The number of amides is 2. The van der Waals surface area contributed by atoms with Crippen LogP contribution in [-0.2, 0) is 9.59 Å². The van der Waals surface area contributed by atoms with Crippen molar-refractivity contribution in [3.63, 3.8) is 0 Å². The molecule has 0 aliphatic rings. The van der Waals surface area contributed by atoms with Gasteiger partial charge >= 0.3 is 5.97 Å². The zero-order valence-electron chi connectivity index (χ0n) is 8.75. The van der Waals surface area contributed by atoms with E-state index in [0.717, 1.165) is 0 Å². The Bertz CT molecular complexity index is 418. The van der Waals surface area contributed by atoms with E-state index in [2.05, 4.69) is 10.3 Å². The SMILES string of the molecule is NC(=O)CCC(NC(=O)c1cscn1)C(=O)O. The highest BCUT2D eigenvalue weighted by Gasteiger charge is 2.21. The number of carbonyl (C=O) groups is 3. The zero-order chi connectivity index (χ0) is 12.8. The van der Waals surface area contributed by atoms with Crippen LogP contribution in [0.1, 0.15) is 23.3 Å². The number of thiazole rings is 1. The Morgan fingerprint density at radius 3 is 2.71 bits per heavy atom. The van der Waals surface area contributed by atoms with Gasteiger partial charge in [0.2, 0.25) is 5.91 Å². The number of carbonyl (C=O) groups excluding carboxylic acids is 2. The topological polar surface area (TPSA) is 122 Å². The van der Waals surface area contributed by atoms with Gasteiger partial charge in [-0.25, -0.2) is 9.78 Å². The van der Waals surface area contributed by atoms with Crippen molar-refractivity contribution in [2.45, 2.75) is 18.9 Å². The zero-order valence-corrected chi connectivity index (χ0v) is 9.57. The minimum Gasteiger partial charge on any atom is -0.480 e. The molecule has 1 rings (SSSR count). The number of hydrogen-bond acceptors (Lipinski definition) is 5. The molecule has 8 heteroatoms. The van der Waals surface area contributed by atoms with E-state index in [1.54, 1.807) is 0 Å². The van der Waals surface area contributed by atoms with Crippen molar-refractivity contribution < 1.29 is 19.5 Å². The molecule has 1 aromatic rings. The molecule has 0 aromatic carbocycles. The fraction of sp³-hybridized carbons (Fsp3) is 0.333. The Morgan fingerprint density at radius 2 is 2.24 bits per heavy atom. The molecule has 0 aliphatic heterocycles. The van der Waals surface area contributed by atoms with Gasteiger partial charge in [-0.15, -0.1) is 11.3 Å². The largest absolute Gasteiger partial charge is 0.480 e. The maximum absolute atomic E-state index is 11.5. The highest BCUT2D eigenvalue weighted by Crippen LogP contribution is 2.03. The van der Waals surface area contributed by atoms with E-state index >= 15 is 0 Å². The molecule has 4 N–H and O–H groups in total. The van der Waals surface area contributed by atoms with E-state index in [-0.39, 0.29) is 18.5 Å². The normalized spacial score (nSPS) is 11.8. The lowest BCUT2D eigenvalue weighted by atomic mass is 10.1. The monoisotopic (exact) mass is 257 g/mol. The fourth-order valence-electron chi connectivity index (χ4n) is 1.10. The first-order valence-corrected chi connectivity index (χ1v) is 5.65. The lowest BCUT2D eigenvalue weighted by Crippen LogP contribution is -2.41. The van der Waals surface area contributed by atoms with Crippen LogP contribution >= 0.6 is 11.3 Å². The minimum absolute atomic E-state index is 0.0411. The molecule has 0 saturated heterocycles. The number of rotatable bonds is 6. The van der Waals surface area contributed by atoms with Crippen LogP contribution in [0.4, 0.5) is 0 Å². The van der Waals surface area contributed by atoms with Crippen LogP contribution in [0.15, 0.2) is 10.9 Å². The quantitative estimate of drug-likeness (QED) is 0.639. The number of carboxylic acid groups (broad SMARTS) is 1. The Hall–Kier alpha value is -1.96. The third-order valence-corrected chi connectivity index (χ3v) is 2.53. The molecule has 0 radical (unpaired) electrons. The van der Waals surface area contributed by atoms with E-state index < -0.39 is 23.8 Å². The van der Waals surface area contributed by atoms with Gasteiger partial charge in [-0.2, -0.15) is 0 Å². The van der Waals surface area contributed by atoms with Gasteiger partial charge in [0.25, 0.3) is 5.91 Å². The highest BCUT2D eigenvalue weighted by atomic mass is 32.1. The Balaban J connectivity index is 2.58. The fourth-order valence-corrected chi connectivity index (χ4v) is 1.63.